The van der Waals surface area contributed by atoms with Crippen molar-refractivity contribution in [3.8, 4) is 11.9 Å². The van der Waals surface area contributed by atoms with Gasteiger partial charge < -0.3 is 14.0 Å². The van der Waals surface area contributed by atoms with Gasteiger partial charge in [0.15, 0.2) is 5.78 Å². The first-order valence-corrected chi connectivity index (χ1v) is 13.8. The first-order valence-electron chi connectivity index (χ1n) is 13.8. The molecule has 0 N–H and O–H groups in total. The number of carbonyl (C=O) groups excluding carboxylic acids is 1. The molecule has 1 atom stereocenters. The first-order chi connectivity index (χ1) is 20.0. The Morgan fingerprint density at radius 1 is 1.20 bits per heavy atom. The van der Waals surface area contributed by atoms with Crippen molar-refractivity contribution < 1.29 is 18.7 Å². The number of nitriles is 1. The van der Waals surface area contributed by atoms with Crippen LogP contribution < -0.4 is 4.74 Å². The molecular weight excluding hydrogens is 521 g/mol. The first kappa shape index (κ1) is 26.8. The minimum atomic E-state index is -0.469. The molecule has 0 saturated carbocycles. The molecule has 1 saturated heterocycles. The summed E-state index contributed by atoms with van der Waals surface area (Å²) in [5, 5.41) is 8.93. The smallest absolute Gasteiger partial charge is 0.214 e. The molecule has 9 heteroatoms. The minimum absolute atomic E-state index is 0.0294. The van der Waals surface area contributed by atoms with E-state index in [9.17, 15) is 9.18 Å². The Morgan fingerprint density at radius 2 is 2.07 bits per heavy atom. The van der Waals surface area contributed by atoms with Crippen LogP contribution in [0.1, 0.15) is 52.8 Å². The fourth-order valence-corrected chi connectivity index (χ4v) is 5.20. The Balaban J connectivity index is 1.14. The summed E-state index contributed by atoms with van der Waals surface area (Å²) >= 11 is 0. The molecule has 0 radical (unpaired) electrons. The van der Waals surface area contributed by atoms with Gasteiger partial charge >= 0.3 is 0 Å². The van der Waals surface area contributed by atoms with Gasteiger partial charge in [0.2, 0.25) is 5.88 Å². The molecule has 4 heterocycles. The lowest BCUT2D eigenvalue weighted by molar-refractivity contribution is -0.0591. The predicted octanol–water partition coefficient (Wildman–Crippen LogP) is 5.30. The van der Waals surface area contributed by atoms with Crippen LogP contribution in [0.5, 0.6) is 5.88 Å². The third kappa shape index (κ3) is 5.89. The van der Waals surface area contributed by atoms with Gasteiger partial charge in [0.05, 0.1) is 47.6 Å². The number of carbonyl (C=O) groups is 1. The van der Waals surface area contributed by atoms with E-state index in [0.29, 0.717) is 23.6 Å². The lowest BCUT2D eigenvalue weighted by atomic mass is 10.0. The molecule has 1 fully saturated rings. The Hall–Kier alpha value is -4.39. The van der Waals surface area contributed by atoms with Crippen molar-refractivity contribution in [1.82, 2.24) is 19.4 Å². The van der Waals surface area contributed by atoms with Crippen molar-refractivity contribution in [2.45, 2.75) is 45.6 Å². The number of ether oxygens (including phenoxy) is 2. The topological polar surface area (TPSA) is 93.3 Å². The maximum Gasteiger partial charge on any atom is 0.214 e. The second-order valence-electron chi connectivity index (χ2n) is 10.5. The van der Waals surface area contributed by atoms with Gasteiger partial charge in [-0.25, -0.2) is 14.4 Å². The molecule has 2 aliphatic heterocycles. The quantitative estimate of drug-likeness (QED) is 0.261. The van der Waals surface area contributed by atoms with Crippen LogP contribution in [0.3, 0.4) is 0 Å². The van der Waals surface area contributed by atoms with E-state index in [2.05, 4.69) is 20.5 Å². The number of rotatable bonds is 9. The lowest BCUT2D eigenvalue weighted by Gasteiger charge is -2.29. The summed E-state index contributed by atoms with van der Waals surface area (Å²) in [6.07, 6.45) is 4.21. The van der Waals surface area contributed by atoms with Crippen LogP contribution in [0, 0.1) is 17.1 Å². The monoisotopic (exact) mass is 551 g/mol. The minimum Gasteiger partial charge on any atom is -0.473 e. The van der Waals surface area contributed by atoms with Crippen molar-refractivity contribution in [3.05, 3.63) is 94.7 Å². The van der Waals surface area contributed by atoms with E-state index in [1.807, 2.05) is 36.4 Å². The summed E-state index contributed by atoms with van der Waals surface area (Å²) in [5.74, 6) is 0.964. The number of imidazole rings is 1. The zero-order chi connectivity index (χ0) is 28.3. The molecular formula is C32H30FN5O3. The van der Waals surface area contributed by atoms with Crippen molar-refractivity contribution in [3.63, 3.8) is 0 Å². The number of hydrogen-bond donors (Lipinski definition) is 0. The number of aromatic nitrogens is 3. The van der Waals surface area contributed by atoms with Crippen molar-refractivity contribution >= 4 is 22.4 Å². The number of halogens is 1. The number of ketones is 1. The molecule has 0 bridgehead atoms. The molecule has 0 aliphatic carbocycles. The summed E-state index contributed by atoms with van der Waals surface area (Å²) < 4.78 is 27.9. The average Bonchev–Trinajstić information content (AvgIpc) is 3.30. The summed E-state index contributed by atoms with van der Waals surface area (Å²) in [5.41, 5.74) is 5.17. The standard InChI is InChI=1S/C32H30FN5O3/c1-21(39)24-7-8-29-30(16-24)38(18-26-11-14-40-26)31(35-29)19-37-12-9-23(10-13-37)28-3-2-4-32(36-28)41-20-25-6-5-22(17-34)15-27(25)33/h2-9,15-16,26H,10-14,18-20H2,1H3/t26-/m0/s1. The molecule has 0 amide bonds. The SMILES string of the molecule is CC(=O)c1ccc2nc(CN3CC=C(c4cccc(OCc5ccc(C#N)cc5F)n4)CC3)n(C[C@@H]3CCO3)c2c1. The zero-order valence-electron chi connectivity index (χ0n) is 22.8. The number of pyridine rings is 1. The van der Waals surface area contributed by atoms with Crippen molar-refractivity contribution in [2.75, 3.05) is 19.7 Å². The molecule has 4 aromatic rings. The molecule has 2 aliphatic rings. The number of Topliss-reactive ketones (excluding diaryl/α,β-unsaturated/α-hetero) is 1. The van der Waals surface area contributed by atoms with Crippen LogP contribution in [-0.4, -0.2) is 51.0 Å². The van der Waals surface area contributed by atoms with Crippen LogP contribution in [-0.2, 0) is 24.4 Å². The zero-order valence-corrected chi connectivity index (χ0v) is 22.8. The number of benzene rings is 2. The third-order valence-corrected chi connectivity index (χ3v) is 7.68. The molecule has 2 aromatic carbocycles. The van der Waals surface area contributed by atoms with Crippen LogP contribution in [0.2, 0.25) is 0 Å². The second-order valence-corrected chi connectivity index (χ2v) is 10.5. The maximum atomic E-state index is 14.2. The van der Waals surface area contributed by atoms with Gasteiger partial charge in [-0.3, -0.25) is 9.69 Å². The fourth-order valence-electron chi connectivity index (χ4n) is 5.20. The van der Waals surface area contributed by atoms with Gasteiger partial charge in [-0.1, -0.05) is 18.2 Å². The largest absolute Gasteiger partial charge is 0.473 e. The normalized spacial score (nSPS) is 17.1. The van der Waals surface area contributed by atoms with Gasteiger partial charge in [-0.05, 0) is 61.7 Å². The van der Waals surface area contributed by atoms with Gasteiger partial charge in [-0.2, -0.15) is 5.26 Å². The van der Waals surface area contributed by atoms with Crippen LogP contribution in [0.4, 0.5) is 4.39 Å². The highest BCUT2D eigenvalue weighted by Crippen LogP contribution is 2.27. The Morgan fingerprint density at radius 3 is 2.78 bits per heavy atom. The van der Waals surface area contributed by atoms with Gasteiger partial charge in [-0.15, -0.1) is 0 Å². The molecule has 41 heavy (non-hydrogen) atoms. The number of nitrogens with zero attached hydrogens (tertiary/aromatic N) is 5. The van der Waals surface area contributed by atoms with E-state index in [1.165, 1.54) is 6.07 Å². The molecule has 0 spiro atoms. The molecule has 6 rings (SSSR count). The summed E-state index contributed by atoms with van der Waals surface area (Å²) in [7, 11) is 0. The van der Waals surface area contributed by atoms with E-state index in [1.54, 1.807) is 25.1 Å². The molecule has 0 unspecified atom stereocenters. The molecule has 2 aromatic heterocycles. The Kier molecular flexibility index (Phi) is 7.59. The highest BCUT2D eigenvalue weighted by Gasteiger charge is 2.24. The average molecular weight is 552 g/mol. The summed E-state index contributed by atoms with van der Waals surface area (Å²) in [4.78, 5) is 23.9. The lowest BCUT2D eigenvalue weighted by Crippen LogP contribution is -2.33. The summed E-state index contributed by atoms with van der Waals surface area (Å²) in [6.45, 7) is 5.41. The Bertz CT molecular complexity index is 1680. The predicted molar refractivity (Wildman–Crippen MR) is 152 cm³/mol. The molecule has 208 valence electrons. The van der Waals surface area contributed by atoms with Gasteiger partial charge in [0.1, 0.15) is 18.2 Å². The maximum absolute atomic E-state index is 14.2. The fraction of sp³-hybridized carbons (Fsp3) is 0.312. The summed E-state index contributed by atoms with van der Waals surface area (Å²) in [6, 6.07) is 17.6. The van der Waals surface area contributed by atoms with Crippen LogP contribution in [0.15, 0.2) is 60.7 Å². The van der Waals surface area contributed by atoms with Gasteiger partial charge in [0, 0.05) is 36.9 Å². The highest BCUT2D eigenvalue weighted by atomic mass is 19.1. The van der Waals surface area contributed by atoms with Crippen LogP contribution in [0.25, 0.3) is 16.6 Å². The van der Waals surface area contributed by atoms with E-state index < -0.39 is 5.82 Å². The highest BCUT2D eigenvalue weighted by molar-refractivity contribution is 5.97. The Labute approximate surface area is 237 Å². The number of hydrogen-bond acceptors (Lipinski definition) is 7. The van der Waals surface area contributed by atoms with Crippen LogP contribution >= 0.6 is 0 Å². The van der Waals surface area contributed by atoms with Crippen molar-refractivity contribution in [2.24, 2.45) is 0 Å². The van der Waals surface area contributed by atoms with E-state index in [0.717, 1.165) is 67.2 Å². The van der Waals surface area contributed by atoms with Crippen molar-refractivity contribution in [1.29, 1.82) is 5.26 Å². The number of fused-ring (bicyclic) bond motifs is 1. The second kappa shape index (κ2) is 11.6. The third-order valence-electron chi connectivity index (χ3n) is 7.68. The molecule has 8 nitrogen and oxygen atoms in total. The van der Waals surface area contributed by atoms with E-state index in [4.69, 9.17) is 19.7 Å². The van der Waals surface area contributed by atoms with E-state index >= 15 is 0 Å². The van der Waals surface area contributed by atoms with E-state index in [-0.39, 0.29) is 24.1 Å². The van der Waals surface area contributed by atoms with Gasteiger partial charge in [0.25, 0.3) is 0 Å².